The molecule has 1 aliphatic heterocycles. The van der Waals surface area contributed by atoms with Gasteiger partial charge in [0, 0.05) is 0 Å². The predicted molar refractivity (Wildman–Crippen MR) is 105 cm³/mol. The Labute approximate surface area is 168 Å². The van der Waals surface area contributed by atoms with Gasteiger partial charge in [-0.2, -0.15) is 0 Å². The average molecular weight is 412 g/mol. The van der Waals surface area contributed by atoms with E-state index in [1.54, 1.807) is 18.2 Å². The van der Waals surface area contributed by atoms with Gasteiger partial charge < -0.3 is 10.6 Å². The zero-order valence-electron chi connectivity index (χ0n) is 15.6. The maximum Gasteiger partial charge on any atom is 0.325 e. The Balaban J connectivity index is 1.74. The zero-order chi connectivity index (χ0) is 20.0. The number of urea groups is 1. The van der Waals surface area contributed by atoms with Crippen molar-refractivity contribution in [2.24, 2.45) is 11.3 Å². The van der Waals surface area contributed by atoms with Gasteiger partial charge in [-0.15, -0.1) is 0 Å². The molecule has 1 heterocycles. The van der Waals surface area contributed by atoms with Gasteiger partial charge in [0.2, 0.25) is 5.91 Å². The number of amides is 4. The number of halogens is 2. The highest BCUT2D eigenvalue weighted by Crippen LogP contribution is 2.46. The van der Waals surface area contributed by atoms with Crippen LogP contribution in [0.4, 0.5) is 10.5 Å². The summed E-state index contributed by atoms with van der Waals surface area (Å²) in [5, 5.41) is 5.98. The highest BCUT2D eigenvalue weighted by molar-refractivity contribution is 6.44. The Bertz CT molecular complexity index is 811. The molecular formula is C19H23Cl2N3O3. The lowest BCUT2D eigenvalue weighted by molar-refractivity contribution is -0.136. The van der Waals surface area contributed by atoms with Crippen LogP contribution in [-0.2, 0) is 9.59 Å². The Morgan fingerprint density at radius 2 is 2.00 bits per heavy atom. The minimum Gasteiger partial charge on any atom is -0.323 e. The molecule has 0 bridgehead atoms. The Hall–Kier alpha value is -1.79. The van der Waals surface area contributed by atoms with E-state index in [0.29, 0.717) is 29.5 Å². The van der Waals surface area contributed by atoms with Crippen LogP contribution in [0.5, 0.6) is 0 Å². The van der Waals surface area contributed by atoms with Crippen LogP contribution in [0, 0.1) is 11.3 Å². The van der Waals surface area contributed by atoms with Crippen molar-refractivity contribution in [2.75, 3.05) is 11.9 Å². The number of carbonyl (C=O) groups excluding carboxylic acids is 3. The predicted octanol–water partition coefficient (Wildman–Crippen LogP) is 4.07. The first-order chi connectivity index (χ1) is 12.5. The molecule has 1 spiro atoms. The topological polar surface area (TPSA) is 78.5 Å². The molecule has 146 valence electrons. The minimum absolute atomic E-state index is 0.0623. The van der Waals surface area contributed by atoms with Crippen molar-refractivity contribution < 1.29 is 14.4 Å². The fourth-order valence-electron chi connectivity index (χ4n) is 4.58. The average Bonchev–Trinajstić information content (AvgIpc) is 2.73. The fourth-order valence-corrected chi connectivity index (χ4v) is 4.93. The van der Waals surface area contributed by atoms with Crippen molar-refractivity contribution in [2.45, 2.75) is 45.6 Å². The summed E-state index contributed by atoms with van der Waals surface area (Å²) in [4.78, 5) is 38.9. The Kier molecular flexibility index (Phi) is 5.16. The number of nitrogens with zero attached hydrogens (tertiary/aromatic N) is 1. The number of imide groups is 1. The first kappa shape index (κ1) is 20.0. The van der Waals surface area contributed by atoms with Crippen LogP contribution in [0.25, 0.3) is 0 Å². The number of hydrogen-bond acceptors (Lipinski definition) is 3. The highest BCUT2D eigenvalue weighted by Gasteiger charge is 2.56. The number of carbonyl (C=O) groups is 3. The Morgan fingerprint density at radius 1 is 1.30 bits per heavy atom. The molecule has 0 aromatic heterocycles. The second-order valence-corrected chi connectivity index (χ2v) is 9.19. The molecule has 2 fully saturated rings. The van der Waals surface area contributed by atoms with E-state index in [4.69, 9.17) is 23.2 Å². The molecule has 1 saturated heterocycles. The van der Waals surface area contributed by atoms with Crippen LogP contribution in [0.15, 0.2) is 18.2 Å². The molecule has 0 unspecified atom stereocenters. The number of anilines is 1. The van der Waals surface area contributed by atoms with Gasteiger partial charge in [0.1, 0.15) is 12.1 Å². The van der Waals surface area contributed by atoms with Crippen molar-refractivity contribution in [3.63, 3.8) is 0 Å². The summed E-state index contributed by atoms with van der Waals surface area (Å²) in [5.41, 5.74) is -0.650. The second kappa shape index (κ2) is 6.99. The summed E-state index contributed by atoms with van der Waals surface area (Å²) < 4.78 is 0. The van der Waals surface area contributed by atoms with Gasteiger partial charge in [0.05, 0.1) is 15.7 Å². The van der Waals surface area contributed by atoms with Crippen LogP contribution >= 0.6 is 23.2 Å². The van der Waals surface area contributed by atoms with Gasteiger partial charge >= 0.3 is 6.03 Å². The number of nitrogens with one attached hydrogen (secondary N) is 2. The first-order valence-electron chi connectivity index (χ1n) is 8.91. The fraction of sp³-hybridized carbons (Fsp3) is 0.526. The molecule has 2 aliphatic rings. The number of rotatable bonds is 3. The largest absolute Gasteiger partial charge is 0.325 e. The molecule has 8 heteroatoms. The Morgan fingerprint density at radius 3 is 2.67 bits per heavy atom. The SMILES string of the molecule is C[C@H]1CC(C)(C)C[C@@]2(C1)NC(=O)N(CC(=O)Nc1cccc(Cl)c1Cl)C2=O. The van der Waals surface area contributed by atoms with E-state index in [9.17, 15) is 14.4 Å². The van der Waals surface area contributed by atoms with Crippen molar-refractivity contribution in [3.8, 4) is 0 Å². The van der Waals surface area contributed by atoms with E-state index in [2.05, 4.69) is 31.4 Å². The molecule has 2 atom stereocenters. The van der Waals surface area contributed by atoms with Crippen LogP contribution in [0.3, 0.4) is 0 Å². The molecule has 27 heavy (non-hydrogen) atoms. The molecule has 1 aliphatic carbocycles. The van der Waals surface area contributed by atoms with Crippen molar-refractivity contribution in [3.05, 3.63) is 28.2 Å². The van der Waals surface area contributed by atoms with E-state index in [1.165, 1.54) is 0 Å². The molecule has 0 radical (unpaired) electrons. The lowest BCUT2D eigenvalue weighted by Gasteiger charge is -2.43. The van der Waals surface area contributed by atoms with Crippen LogP contribution in [0.1, 0.15) is 40.0 Å². The highest BCUT2D eigenvalue weighted by atomic mass is 35.5. The maximum atomic E-state index is 13.1. The van der Waals surface area contributed by atoms with Gasteiger partial charge in [0.25, 0.3) is 5.91 Å². The lowest BCUT2D eigenvalue weighted by atomic mass is 9.64. The molecular weight excluding hydrogens is 389 g/mol. The third-order valence-electron chi connectivity index (χ3n) is 5.15. The van der Waals surface area contributed by atoms with Gasteiger partial charge in [-0.25, -0.2) is 4.79 Å². The second-order valence-electron chi connectivity index (χ2n) is 8.41. The summed E-state index contributed by atoms with van der Waals surface area (Å²) in [6.07, 6.45) is 2.14. The van der Waals surface area contributed by atoms with Crippen LogP contribution in [-0.4, -0.2) is 34.8 Å². The van der Waals surface area contributed by atoms with Gasteiger partial charge in [0.15, 0.2) is 0 Å². The smallest absolute Gasteiger partial charge is 0.323 e. The van der Waals surface area contributed by atoms with E-state index in [0.717, 1.165) is 11.3 Å². The molecule has 6 nitrogen and oxygen atoms in total. The summed E-state index contributed by atoms with van der Waals surface area (Å²) in [6.45, 7) is 5.91. The molecule has 1 aromatic carbocycles. The number of benzene rings is 1. The monoisotopic (exact) mass is 411 g/mol. The minimum atomic E-state index is -0.924. The summed E-state index contributed by atoms with van der Waals surface area (Å²) >= 11 is 12.0. The normalized spacial score (nSPS) is 27.0. The maximum absolute atomic E-state index is 13.1. The standard InChI is InChI=1S/C19H23Cl2N3O3/c1-11-7-18(2,3)10-19(8-11)16(26)24(17(27)23-19)9-14(25)22-13-6-4-5-12(20)15(13)21/h4-6,11H,7-10H2,1-3H3,(H,22,25)(H,23,27)/t11-,19+/m0/s1. The van der Waals surface area contributed by atoms with Crippen molar-refractivity contribution in [1.29, 1.82) is 0 Å². The molecule has 4 amide bonds. The van der Waals surface area contributed by atoms with E-state index < -0.39 is 17.5 Å². The quantitative estimate of drug-likeness (QED) is 0.735. The van der Waals surface area contributed by atoms with Crippen LogP contribution < -0.4 is 10.6 Å². The summed E-state index contributed by atoms with van der Waals surface area (Å²) in [5.74, 6) is -0.542. The van der Waals surface area contributed by atoms with Gasteiger partial charge in [-0.1, -0.05) is 50.0 Å². The summed E-state index contributed by atoms with van der Waals surface area (Å²) in [7, 11) is 0. The molecule has 2 N–H and O–H groups in total. The third-order valence-corrected chi connectivity index (χ3v) is 5.97. The zero-order valence-corrected chi connectivity index (χ0v) is 17.1. The van der Waals surface area contributed by atoms with E-state index in [-0.39, 0.29) is 22.9 Å². The lowest BCUT2D eigenvalue weighted by Crippen LogP contribution is -2.54. The molecule has 1 saturated carbocycles. The number of hydrogen-bond donors (Lipinski definition) is 2. The van der Waals surface area contributed by atoms with Crippen LogP contribution in [0.2, 0.25) is 10.0 Å². The van der Waals surface area contributed by atoms with Crippen molar-refractivity contribution in [1.82, 2.24) is 10.2 Å². The summed E-state index contributed by atoms with van der Waals surface area (Å²) in [6, 6.07) is 4.33. The van der Waals surface area contributed by atoms with E-state index >= 15 is 0 Å². The van der Waals surface area contributed by atoms with Gasteiger partial charge in [-0.3, -0.25) is 14.5 Å². The third kappa shape index (κ3) is 3.92. The van der Waals surface area contributed by atoms with E-state index in [1.807, 2.05) is 0 Å². The van der Waals surface area contributed by atoms with Crippen molar-refractivity contribution >= 4 is 46.7 Å². The molecule has 1 aromatic rings. The molecule has 3 rings (SSSR count). The first-order valence-corrected chi connectivity index (χ1v) is 9.67. The van der Waals surface area contributed by atoms with Gasteiger partial charge in [-0.05, 0) is 42.7 Å².